The molecule has 0 atom stereocenters. The maximum atomic E-state index is 6.06. The van der Waals surface area contributed by atoms with Gasteiger partial charge in [-0.1, -0.05) is 60.7 Å². The van der Waals surface area contributed by atoms with Crippen molar-refractivity contribution in [1.29, 1.82) is 0 Å². The van der Waals surface area contributed by atoms with Gasteiger partial charge in [-0.05, 0) is 29.3 Å². The molecule has 3 aromatic carbocycles. The highest BCUT2D eigenvalue weighted by molar-refractivity contribution is 6.06. The van der Waals surface area contributed by atoms with Crippen molar-refractivity contribution in [3.05, 3.63) is 85.2 Å². The molecule has 3 nitrogen and oxygen atoms in total. The highest BCUT2D eigenvalue weighted by Crippen LogP contribution is 2.34. The predicted molar refractivity (Wildman–Crippen MR) is 100 cm³/mol. The van der Waals surface area contributed by atoms with E-state index < -0.39 is 0 Å². The molecule has 0 amide bonds. The fraction of sp³-hybridized carbons (Fsp3) is 0. The molecule has 2 heterocycles. The summed E-state index contributed by atoms with van der Waals surface area (Å²) in [5.41, 5.74) is 6.59. The van der Waals surface area contributed by atoms with Crippen LogP contribution in [-0.2, 0) is 0 Å². The van der Waals surface area contributed by atoms with E-state index in [2.05, 4.69) is 40.3 Å². The highest BCUT2D eigenvalue weighted by atomic mass is 16.3. The number of hydrogen-bond donors (Lipinski definition) is 0. The average Bonchev–Trinajstić information content (AvgIpc) is 3.07. The van der Waals surface area contributed by atoms with E-state index in [9.17, 15) is 0 Å². The van der Waals surface area contributed by atoms with Crippen LogP contribution in [0.15, 0.2) is 89.6 Å². The summed E-state index contributed by atoms with van der Waals surface area (Å²) in [5, 5.41) is 1.01. The average molecular weight is 322 g/mol. The second-order valence-electron chi connectivity index (χ2n) is 5.95. The van der Waals surface area contributed by atoms with E-state index in [1.165, 1.54) is 5.56 Å². The van der Waals surface area contributed by atoms with Gasteiger partial charge in [-0.25, -0.2) is 9.97 Å². The smallest absolute Gasteiger partial charge is 0.180 e. The summed E-state index contributed by atoms with van der Waals surface area (Å²) in [6.45, 7) is 0. The minimum absolute atomic E-state index is 0.730. The van der Waals surface area contributed by atoms with Crippen LogP contribution in [0.5, 0.6) is 0 Å². The lowest BCUT2D eigenvalue weighted by Crippen LogP contribution is -1.87. The van der Waals surface area contributed by atoms with E-state index >= 15 is 0 Å². The molecule has 0 N–H and O–H groups in total. The van der Waals surface area contributed by atoms with Crippen LogP contribution in [0.4, 0.5) is 0 Å². The number of para-hydroxylation sites is 1. The van der Waals surface area contributed by atoms with Crippen LogP contribution in [0.25, 0.3) is 44.5 Å². The number of aromatic nitrogens is 2. The Morgan fingerprint density at radius 3 is 2.32 bits per heavy atom. The molecule has 5 aromatic rings. The third-order valence-electron chi connectivity index (χ3n) is 4.40. The maximum Gasteiger partial charge on any atom is 0.180 e. The molecule has 0 saturated carbocycles. The van der Waals surface area contributed by atoms with Gasteiger partial charge in [0, 0.05) is 10.9 Å². The molecule has 0 aliphatic rings. The van der Waals surface area contributed by atoms with E-state index in [1.54, 1.807) is 6.33 Å². The zero-order valence-electron chi connectivity index (χ0n) is 13.4. The molecular formula is C22H14N2O. The molecule has 2 aromatic heterocycles. The third kappa shape index (κ3) is 2.29. The SMILES string of the molecule is c1ccc(-c2cccc(-c3ncnc4c3oc3ccccc34)c2)cc1. The van der Waals surface area contributed by atoms with Gasteiger partial charge in [0.25, 0.3) is 0 Å². The van der Waals surface area contributed by atoms with Gasteiger partial charge in [0.05, 0.1) is 0 Å². The lowest BCUT2D eigenvalue weighted by molar-refractivity contribution is 0.667. The summed E-state index contributed by atoms with van der Waals surface area (Å²) in [5.74, 6) is 0. The first kappa shape index (κ1) is 13.9. The van der Waals surface area contributed by atoms with Crippen LogP contribution < -0.4 is 0 Å². The van der Waals surface area contributed by atoms with E-state index in [0.717, 1.165) is 38.9 Å². The van der Waals surface area contributed by atoms with Gasteiger partial charge in [-0.2, -0.15) is 0 Å². The van der Waals surface area contributed by atoms with Crippen molar-refractivity contribution >= 4 is 22.1 Å². The van der Waals surface area contributed by atoms with Crippen molar-refractivity contribution in [2.75, 3.05) is 0 Å². The van der Waals surface area contributed by atoms with Gasteiger partial charge >= 0.3 is 0 Å². The van der Waals surface area contributed by atoms with Crippen LogP contribution in [0.1, 0.15) is 0 Å². The lowest BCUT2D eigenvalue weighted by Gasteiger charge is -2.05. The zero-order chi connectivity index (χ0) is 16.6. The fourth-order valence-electron chi connectivity index (χ4n) is 3.21. The van der Waals surface area contributed by atoms with E-state index in [4.69, 9.17) is 4.42 Å². The van der Waals surface area contributed by atoms with Crippen LogP contribution in [-0.4, -0.2) is 9.97 Å². The summed E-state index contributed by atoms with van der Waals surface area (Å²) in [6, 6.07) is 26.6. The first-order chi connectivity index (χ1) is 12.4. The van der Waals surface area contributed by atoms with Crippen LogP contribution in [0, 0.1) is 0 Å². The Bertz CT molecular complexity index is 1190. The molecule has 0 spiro atoms. The fourth-order valence-corrected chi connectivity index (χ4v) is 3.21. The van der Waals surface area contributed by atoms with Gasteiger partial charge in [0.1, 0.15) is 23.1 Å². The largest absolute Gasteiger partial charge is 0.452 e. The van der Waals surface area contributed by atoms with Crippen LogP contribution >= 0.6 is 0 Å². The zero-order valence-corrected chi connectivity index (χ0v) is 13.4. The monoisotopic (exact) mass is 322 g/mol. The van der Waals surface area contributed by atoms with Crippen molar-refractivity contribution in [3.8, 4) is 22.4 Å². The normalized spacial score (nSPS) is 11.2. The first-order valence-electron chi connectivity index (χ1n) is 8.18. The molecule has 0 fully saturated rings. The number of fused-ring (bicyclic) bond motifs is 3. The summed E-state index contributed by atoms with van der Waals surface area (Å²) in [7, 11) is 0. The lowest BCUT2D eigenvalue weighted by atomic mass is 10.0. The number of nitrogens with zero attached hydrogens (tertiary/aromatic N) is 2. The summed E-state index contributed by atoms with van der Waals surface area (Å²) in [6.07, 6.45) is 1.61. The molecule has 25 heavy (non-hydrogen) atoms. The summed E-state index contributed by atoms with van der Waals surface area (Å²) < 4.78 is 6.06. The number of rotatable bonds is 2. The van der Waals surface area contributed by atoms with Gasteiger partial charge in [0.15, 0.2) is 5.58 Å². The standard InChI is InChI=1S/C22H14N2O/c1-2-7-15(8-3-1)16-9-6-10-17(13-16)20-22-21(24-14-23-20)18-11-4-5-12-19(18)25-22/h1-14H. The molecular weight excluding hydrogens is 308 g/mol. The predicted octanol–water partition coefficient (Wildman–Crippen LogP) is 5.71. The first-order valence-corrected chi connectivity index (χ1v) is 8.18. The molecule has 0 radical (unpaired) electrons. The van der Waals surface area contributed by atoms with Crippen molar-refractivity contribution in [2.45, 2.75) is 0 Å². The molecule has 5 rings (SSSR count). The van der Waals surface area contributed by atoms with E-state index in [1.807, 2.05) is 48.5 Å². The topological polar surface area (TPSA) is 38.9 Å². The minimum atomic E-state index is 0.730. The van der Waals surface area contributed by atoms with E-state index in [-0.39, 0.29) is 0 Å². The van der Waals surface area contributed by atoms with Gasteiger partial charge in [-0.15, -0.1) is 0 Å². The van der Waals surface area contributed by atoms with Crippen molar-refractivity contribution in [3.63, 3.8) is 0 Å². The Labute approximate surface area is 144 Å². The molecule has 0 unspecified atom stereocenters. The number of furan rings is 1. The van der Waals surface area contributed by atoms with Gasteiger partial charge < -0.3 is 4.42 Å². The molecule has 0 bridgehead atoms. The van der Waals surface area contributed by atoms with Crippen molar-refractivity contribution < 1.29 is 4.42 Å². The van der Waals surface area contributed by atoms with E-state index in [0.29, 0.717) is 0 Å². The summed E-state index contributed by atoms with van der Waals surface area (Å²) in [4.78, 5) is 8.93. The molecule has 0 aliphatic carbocycles. The minimum Gasteiger partial charge on any atom is -0.452 e. The molecule has 0 saturated heterocycles. The Hall–Kier alpha value is -3.46. The second-order valence-corrected chi connectivity index (χ2v) is 5.95. The molecule has 118 valence electrons. The maximum absolute atomic E-state index is 6.06. The molecule has 3 heteroatoms. The third-order valence-corrected chi connectivity index (χ3v) is 4.40. The Balaban J connectivity index is 1.74. The van der Waals surface area contributed by atoms with Gasteiger partial charge in [0.2, 0.25) is 0 Å². The Kier molecular flexibility index (Phi) is 3.10. The van der Waals surface area contributed by atoms with Crippen molar-refractivity contribution in [2.24, 2.45) is 0 Å². The van der Waals surface area contributed by atoms with Gasteiger partial charge in [-0.3, -0.25) is 0 Å². The number of benzene rings is 3. The summed E-state index contributed by atoms with van der Waals surface area (Å²) >= 11 is 0. The van der Waals surface area contributed by atoms with Crippen LogP contribution in [0.3, 0.4) is 0 Å². The van der Waals surface area contributed by atoms with Crippen molar-refractivity contribution in [1.82, 2.24) is 9.97 Å². The highest BCUT2D eigenvalue weighted by Gasteiger charge is 2.14. The second kappa shape index (κ2) is 5.56. The Morgan fingerprint density at radius 2 is 1.40 bits per heavy atom. The molecule has 0 aliphatic heterocycles. The Morgan fingerprint density at radius 1 is 0.640 bits per heavy atom. The quantitative estimate of drug-likeness (QED) is 0.418. The number of hydrogen-bond acceptors (Lipinski definition) is 3. The van der Waals surface area contributed by atoms with Crippen LogP contribution in [0.2, 0.25) is 0 Å².